The molecule has 5 heteroatoms. The molecule has 0 aliphatic carbocycles. The summed E-state index contributed by atoms with van der Waals surface area (Å²) in [5.41, 5.74) is 0.346. The molecule has 2 rings (SSSR count). The highest BCUT2D eigenvalue weighted by Crippen LogP contribution is 2.19. The quantitative estimate of drug-likeness (QED) is 0.876. The standard InChI is InChI=1S/C15H19NO4/c1-15(7-4-8-20-10-15)16-13(17)9-11-5-2-3-6-12(11)14(18)19/h2-3,5-6H,4,7-10H2,1H3,(H,16,17)(H,18,19). The van der Waals surface area contributed by atoms with Gasteiger partial charge in [0.25, 0.3) is 0 Å². The van der Waals surface area contributed by atoms with Crippen LogP contribution in [0.1, 0.15) is 35.7 Å². The Morgan fingerprint density at radius 2 is 2.15 bits per heavy atom. The highest BCUT2D eigenvalue weighted by Gasteiger charge is 2.29. The Morgan fingerprint density at radius 1 is 1.40 bits per heavy atom. The molecule has 1 aliphatic rings. The Hall–Kier alpha value is -1.88. The molecular formula is C15H19NO4. The lowest BCUT2D eigenvalue weighted by Gasteiger charge is -2.34. The number of aromatic carboxylic acids is 1. The van der Waals surface area contributed by atoms with Crippen LogP contribution in [-0.2, 0) is 16.0 Å². The summed E-state index contributed by atoms with van der Waals surface area (Å²) in [4.78, 5) is 23.2. The van der Waals surface area contributed by atoms with Crippen LogP contribution in [0.4, 0.5) is 0 Å². The fourth-order valence-electron chi connectivity index (χ4n) is 2.47. The van der Waals surface area contributed by atoms with E-state index in [0.29, 0.717) is 12.2 Å². The number of nitrogens with one attached hydrogen (secondary N) is 1. The van der Waals surface area contributed by atoms with Crippen molar-refractivity contribution in [1.29, 1.82) is 0 Å². The van der Waals surface area contributed by atoms with Gasteiger partial charge >= 0.3 is 5.97 Å². The van der Waals surface area contributed by atoms with Crippen molar-refractivity contribution in [2.75, 3.05) is 13.2 Å². The van der Waals surface area contributed by atoms with Crippen LogP contribution in [0.5, 0.6) is 0 Å². The van der Waals surface area contributed by atoms with Crippen LogP contribution < -0.4 is 5.32 Å². The van der Waals surface area contributed by atoms with Crippen molar-refractivity contribution in [3.05, 3.63) is 35.4 Å². The van der Waals surface area contributed by atoms with E-state index in [0.717, 1.165) is 19.4 Å². The molecule has 1 unspecified atom stereocenters. The number of amides is 1. The van der Waals surface area contributed by atoms with Crippen molar-refractivity contribution in [1.82, 2.24) is 5.32 Å². The molecule has 0 saturated carbocycles. The first kappa shape index (κ1) is 14.5. The Bertz CT molecular complexity index is 506. The summed E-state index contributed by atoms with van der Waals surface area (Å²) in [6.45, 7) is 3.18. The Morgan fingerprint density at radius 3 is 2.80 bits per heavy atom. The Labute approximate surface area is 117 Å². The van der Waals surface area contributed by atoms with E-state index in [2.05, 4.69) is 5.32 Å². The van der Waals surface area contributed by atoms with Gasteiger partial charge in [0.2, 0.25) is 5.91 Å². The van der Waals surface area contributed by atoms with Crippen molar-refractivity contribution >= 4 is 11.9 Å². The van der Waals surface area contributed by atoms with Gasteiger partial charge in [0.1, 0.15) is 0 Å². The lowest BCUT2D eigenvalue weighted by atomic mass is 9.94. The Balaban J connectivity index is 2.03. The predicted octanol–water partition coefficient (Wildman–Crippen LogP) is 1.61. The van der Waals surface area contributed by atoms with Gasteiger partial charge in [0.05, 0.1) is 24.1 Å². The Kier molecular flexibility index (Phi) is 4.39. The molecule has 1 saturated heterocycles. The molecular weight excluding hydrogens is 258 g/mol. The van der Waals surface area contributed by atoms with Gasteiger partial charge in [-0.25, -0.2) is 4.79 Å². The predicted molar refractivity (Wildman–Crippen MR) is 73.7 cm³/mol. The number of hydrogen-bond acceptors (Lipinski definition) is 3. The molecule has 1 amide bonds. The summed E-state index contributed by atoms with van der Waals surface area (Å²) in [6.07, 6.45) is 1.86. The maximum absolute atomic E-state index is 12.1. The van der Waals surface area contributed by atoms with Gasteiger partial charge in [-0.05, 0) is 31.4 Å². The number of carbonyl (C=O) groups is 2. The third kappa shape index (κ3) is 3.57. The second-order valence-electron chi connectivity index (χ2n) is 5.40. The number of rotatable bonds is 4. The molecule has 20 heavy (non-hydrogen) atoms. The van der Waals surface area contributed by atoms with Crippen LogP contribution >= 0.6 is 0 Å². The fourth-order valence-corrected chi connectivity index (χ4v) is 2.47. The zero-order chi connectivity index (χ0) is 14.6. The molecule has 2 N–H and O–H groups in total. The molecule has 1 heterocycles. The lowest BCUT2D eigenvalue weighted by molar-refractivity contribution is -0.124. The second kappa shape index (κ2) is 6.05. The van der Waals surface area contributed by atoms with Crippen molar-refractivity contribution < 1.29 is 19.4 Å². The molecule has 1 atom stereocenters. The summed E-state index contributed by atoms with van der Waals surface area (Å²) >= 11 is 0. The van der Waals surface area contributed by atoms with E-state index in [1.54, 1.807) is 18.2 Å². The molecule has 0 spiro atoms. The number of carbonyl (C=O) groups excluding carboxylic acids is 1. The van der Waals surface area contributed by atoms with E-state index >= 15 is 0 Å². The average molecular weight is 277 g/mol. The lowest BCUT2D eigenvalue weighted by Crippen LogP contribution is -2.52. The van der Waals surface area contributed by atoms with Gasteiger partial charge in [-0.1, -0.05) is 18.2 Å². The third-order valence-electron chi connectivity index (χ3n) is 3.48. The van der Waals surface area contributed by atoms with Gasteiger partial charge in [-0.15, -0.1) is 0 Å². The monoisotopic (exact) mass is 277 g/mol. The summed E-state index contributed by atoms with van der Waals surface area (Å²) in [5.74, 6) is -1.19. The molecule has 5 nitrogen and oxygen atoms in total. The van der Waals surface area contributed by atoms with Crippen molar-refractivity contribution in [3.8, 4) is 0 Å². The molecule has 1 aromatic carbocycles. The van der Waals surface area contributed by atoms with Crippen LogP contribution in [0.25, 0.3) is 0 Å². The zero-order valence-electron chi connectivity index (χ0n) is 11.5. The first-order valence-corrected chi connectivity index (χ1v) is 6.70. The minimum absolute atomic E-state index is 0.0675. The minimum atomic E-state index is -1.01. The van der Waals surface area contributed by atoms with E-state index in [1.807, 2.05) is 6.92 Å². The van der Waals surface area contributed by atoms with E-state index in [1.165, 1.54) is 6.07 Å². The number of carboxylic acids is 1. The summed E-state index contributed by atoms with van der Waals surface area (Å²) in [7, 11) is 0. The number of ether oxygens (including phenoxy) is 1. The van der Waals surface area contributed by atoms with Crippen molar-refractivity contribution in [2.45, 2.75) is 31.7 Å². The van der Waals surface area contributed by atoms with Gasteiger partial charge in [-0.3, -0.25) is 4.79 Å². The molecule has 1 aromatic rings. The van der Waals surface area contributed by atoms with Crippen LogP contribution in [0, 0.1) is 0 Å². The molecule has 108 valence electrons. The van der Waals surface area contributed by atoms with E-state index in [-0.39, 0.29) is 23.4 Å². The number of benzene rings is 1. The maximum atomic E-state index is 12.1. The summed E-state index contributed by atoms with van der Waals surface area (Å²) < 4.78 is 5.39. The maximum Gasteiger partial charge on any atom is 0.335 e. The first-order chi connectivity index (χ1) is 9.50. The van der Waals surface area contributed by atoms with Gasteiger partial charge in [0, 0.05) is 6.61 Å². The van der Waals surface area contributed by atoms with Crippen molar-refractivity contribution in [2.24, 2.45) is 0 Å². The van der Waals surface area contributed by atoms with E-state index in [4.69, 9.17) is 9.84 Å². The minimum Gasteiger partial charge on any atom is -0.478 e. The van der Waals surface area contributed by atoms with Gasteiger partial charge in [0.15, 0.2) is 0 Å². The highest BCUT2D eigenvalue weighted by molar-refractivity contribution is 5.91. The van der Waals surface area contributed by atoms with Gasteiger partial charge < -0.3 is 15.2 Å². The topological polar surface area (TPSA) is 75.6 Å². The second-order valence-corrected chi connectivity index (χ2v) is 5.40. The summed E-state index contributed by atoms with van der Waals surface area (Å²) in [6, 6.07) is 6.57. The van der Waals surface area contributed by atoms with Crippen LogP contribution in [0.3, 0.4) is 0 Å². The SMILES string of the molecule is CC1(NC(=O)Cc2ccccc2C(=O)O)CCCOC1. The first-order valence-electron chi connectivity index (χ1n) is 6.70. The normalized spacial score (nSPS) is 22.2. The van der Waals surface area contributed by atoms with Crippen molar-refractivity contribution in [3.63, 3.8) is 0 Å². The van der Waals surface area contributed by atoms with Crippen LogP contribution in [0.2, 0.25) is 0 Å². The largest absolute Gasteiger partial charge is 0.478 e. The third-order valence-corrected chi connectivity index (χ3v) is 3.48. The number of hydrogen-bond donors (Lipinski definition) is 2. The smallest absolute Gasteiger partial charge is 0.335 e. The zero-order valence-corrected chi connectivity index (χ0v) is 11.5. The van der Waals surface area contributed by atoms with Gasteiger partial charge in [-0.2, -0.15) is 0 Å². The molecule has 0 bridgehead atoms. The molecule has 1 fully saturated rings. The van der Waals surface area contributed by atoms with E-state index < -0.39 is 5.97 Å². The van der Waals surface area contributed by atoms with Crippen LogP contribution in [-0.4, -0.2) is 35.7 Å². The van der Waals surface area contributed by atoms with E-state index in [9.17, 15) is 9.59 Å². The fraction of sp³-hybridized carbons (Fsp3) is 0.467. The molecule has 1 aliphatic heterocycles. The molecule has 0 radical (unpaired) electrons. The van der Waals surface area contributed by atoms with Crippen LogP contribution in [0.15, 0.2) is 24.3 Å². The number of carboxylic acid groups (broad SMARTS) is 1. The average Bonchev–Trinajstić information content (AvgIpc) is 2.39. The summed E-state index contributed by atoms with van der Waals surface area (Å²) in [5, 5.41) is 12.1. The highest BCUT2D eigenvalue weighted by atomic mass is 16.5. The molecule has 0 aromatic heterocycles.